The Morgan fingerprint density at radius 3 is 2.83 bits per heavy atom. The highest BCUT2D eigenvalue weighted by atomic mass is 16.1. The summed E-state index contributed by atoms with van der Waals surface area (Å²) >= 11 is 0. The molecule has 0 saturated heterocycles. The van der Waals surface area contributed by atoms with Crippen molar-refractivity contribution >= 4 is 5.91 Å². The third kappa shape index (κ3) is 1.40. The standard InChI is InChI=1S/C8H7N3O/c1-5-2-3-6(4-9)11-7(5)8(10)12/h2-3H,1H3,(H2,10,12). The molecule has 1 aromatic rings. The van der Waals surface area contributed by atoms with Gasteiger partial charge in [0.1, 0.15) is 17.5 Å². The molecular formula is C8H7N3O. The first-order valence-electron chi connectivity index (χ1n) is 3.32. The van der Waals surface area contributed by atoms with Crippen LogP contribution < -0.4 is 5.73 Å². The second-order valence-corrected chi connectivity index (χ2v) is 2.34. The SMILES string of the molecule is Cc1ccc(C#N)nc1C(N)=O. The molecule has 0 atom stereocenters. The average molecular weight is 161 g/mol. The number of hydrogen-bond donors (Lipinski definition) is 1. The van der Waals surface area contributed by atoms with E-state index < -0.39 is 5.91 Å². The molecule has 0 aliphatic rings. The van der Waals surface area contributed by atoms with E-state index in [9.17, 15) is 4.79 Å². The maximum absolute atomic E-state index is 10.7. The summed E-state index contributed by atoms with van der Waals surface area (Å²) in [5.74, 6) is -0.607. The van der Waals surface area contributed by atoms with Gasteiger partial charge in [0.2, 0.25) is 0 Å². The number of aryl methyl sites for hydroxylation is 1. The van der Waals surface area contributed by atoms with Crippen molar-refractivity contribution in [3.8, 4) is 6.07 Å². The Morgan fingerprint density at radius 2 is 2.33 bits per heavy atom. The molecule has 1 heterocycles. The van der Waals surface area contributed by atoms with Gasteiger partial charge in [-0.3, -0.25) is 4.79 Å². The van der Waals surface area contributed by atoms with E-state index in [2.05, 4.69) is 4.98 Å². The van der Waals surface area contributed by atoms with Crippen molar-refractivity contribution < 1.29 is 4.79 Å². The molecule has 4 heteroatoms. The second-order valence-electron chi connectivity index (χ2n) is 2.34. The summed E-state index contributed by atoms with van der Waals surface area (Å²) in [4.78, 5) is 14.5. The molecule has 0 aromatic carbocycles. The largest absolute Gasteiger partial charge is 0.364 e. The summed E-state index contributed by atoms with van der Waals surface area (Å²) in [6, 6.07) is 5.02. The molecule has 0 fully saturated rings. The van der Waals surface area contributed by atoms with Gasteiger partial charge in [-0.1, -0.05) is 6.07 Å². The minimum Gasteiger partial charge on any atom is -0.364 e. The fourth-order valence-electron chi connectivity index (χ4n) is 0.840. The van der Waals surface area contributed by atoms with Crippen LogP contribution in [0, 0.1) is 18.3 Å². The third-order valence-corrected chi connectivity index (χ3v) is 1.44. The van der Waals surface area contributed by atoms with Crippen molar-refractivity contribution in [2.24, 2.45) is 5.73 Å². The first-order valence-corrected chi connectivity index (χ1v) is 3.32. The Morgan fingerprint density at radius 1 is 1.67 bits per heavy atom. The van der Waals surface area contributed by atoms with Gasteiger partial charge in [0, 0.05) is 0 Å². The predicted octanol–water partition coefficient (Wildman–Crippen LogP) is 0.361. The number of nitrogens with two attached hydrogens (primary N) is 1. The summed E-state index contributed by atoms with van der Waals surface area (Å²) < 4.78 is 0. The van der Waals surface area contributed by atoms with Gasteiger partial charge in [0.15, 0.2) is 0 Å². The van der Waals surface area contributed by atoms with E-state index in [0.29, 0.717) is 5.56 Å². The number of hydrogen-bond acceptors (Lipinski definition) is 3. The van der Waals surface area contributed by atoms with Crippen molar-refractivity contribution in [3.63, 3.8) is 0 Å². The minimum atomic E-state index is -0.607. The number of rotatable bonds is 1. The quantitative estimate of drug-likeness (QED) is 0.645. The maximum Gasteiger partial charge on any atom is 0.267 e. The van der Waals surface area contributed by atoms with Crippen molar-refractivity contribution in [2.45, 2.75) is 6.92 Å². The zero-order valence-electron chi connectivity index (χ0n) is 6.53. The fraction of sp³-hybridized carbons (Fsp3) is 0.125. The van der Waals surface area contributed by atoms with Crippen LogP contribution in [0.2, 0.25) is 0 Å². The topological polar surface area (TPSA) is 79.8 Å². The number of nitriles is 1. The fourth-order valence-corrected chi connectivity index (χ4v) is 0.840. The zero-order chi connectivity index (χ0) is 9.14. The van der Waals surface area contributed by atoms with Crippen LogP contribution in [-0.4, -0.2) is 10.9 Å². The highest BCUT2D eigenvalue weighted by Crippen LogP contribution is 2.04. The summed E-state index contributed by atoms with van der Waals surface area (Å²) in [6.45, 7) is 1.72. The van der Waals surface area contributed by atoms with Gasteiger partial charge < -0.3 is 5.73 Å². The van der Waals surface area contributed by atoms with E-state index in [0.717, 1.165) is 0 Å². The van der Waals surface area contributed by atoms with Crippen LogP contribution in [0.15, 0.2) is 12.1 Å². The molecule has 1 aromatic heterocycles. The molecule has 12 heavy (non-hydrogen) atoms. The van der Waals surface area contributed by atoms with Gasteiger partial charge in [-0.25, -0.2) is 4.98 Å². The van der Waals surface area contributed by atoms with Gasteiger partial charge in [-0.05, 0) is 18.6 Å². The Labute approximate surface area is 69.6 Å². The van der Waals surface area contributed by atoms with E-state index in [1.807, 2.05) is 6.07 Å². The molecule has 2 N–H and O–H groups in total. The van der Waals surface area contributed by atoms with Crippen molar-refractivity contribution in [1.29, 1.82) is 5.26 Å². The van der Waals surface area contributed by atoms with E-state index in [1.54, 1.807) is 19.1 Å². The monoisotopic (exact) mass is 161 g/mol. The Bertz CT molecular complexity index is 365. The number of pyridine rings is 1. The van der Waals surface area contributed by atoms with Gasteiger partial charge in [-0.15, -0.1) is 0 Å². The zero-order valence-corrected chi connectivity index (χ0v) is 6.53. The molecule has 0 bridgehead atoms. The van der Waals surface area contributed by atoms with Gasteiger partial charge >= 0.3 is 0 Å². The molecule has 60 valence electrons. The van der Waals surface area contributed by atoms with Gasteiger partial charge in [0.25, 0.3) is 5.91 Å². The maximum atomic E-state index is 10.7. The summed E-state index contributed by atoms with van der Waals surface area (Å²) in [6.07, 6.45) is 0. The van der Waals surface area contributed by atoms with Crippen molar-refractivity contribution in [1.82, 2.24) is 4.98 Å². The number of carbonyl (C=O) groups is 1. The normalized spacial score (nSPS) is 9.00. The van der Waals surface area contributed by atoms with Gasteiger partial charge in [-0.2, -0.15) is 5.26 Å². The molecule has 1 amide bonds. The van der Waals surface area contributed by atoms with Crippen molar-refractivity contribution in [2.75, 3.05) is 0 Å². The van der Waals surface area contributed by atoms with Crippen molar-refractivity contribution in [3.05, 3.63) is 29.1 Å². The van der Waals surface area contributed by atoms with E-state index in [1.165, 1.54) is 0 Å². The number of primary amides is 1. The van der Waals surface area contributed by atoms with Crippen LogP contribution in [0.4, 0.5) is 0 Å². The van der Waals surface area contributed by atoms with Crippen LogP contribution in [0.25, 0.3) is 0 Å². The molecular weight excluding hydrogens is 154 g/mol. The highest BCUT2D eigenvalue weighted by molar-refractivity contribution is 5.92. The summed E-state index contributed by atoms with van der Waals surface area (Å²) in [5, 5.41) is 8.47. The molecule has 0 radical (unpaired) electrons. The number of nitrogens with zero attached hydrogens (tertiary/aromatic N) is 2. The molecule has 0 unspecified atom stereocenters. The average Bonchev–Trinajstić information content (AvgIpc) is 2.05. The second kappa shape index (κ2) is 3.01. The number of amides is 1. The van der Waals surface area contributed by atoms with Crippen LogP contribution in [0.5, 0.6) is 0 Å². The summed E-state index contributed by atoms with van der Waals surface area (Å²) in [5.41, 5.74) is 6.07. The lowest BCUT2D eigenvalue weighted by Gasteiger charge is -1.98. The highest BCUT2D eigenvalue weighted by Gasteiger charge is 2.06. The van der Waals surface area contributed by atoms with Crippen LogP contribution in [-0.2, 0) is 0 Å². The van der Waals surface area contributed by atoms with E-state index in [4.69, 9.17) is 11.0 Å². The van der Waals surface area contributed by atoms with E-state index in [-0.39, 0.29) is 11.4 Å². The lowest BCUT2D eigenvalue weighted by atomic mass is 10.2. The molecule has 4 nitrogen and oxygen atoms in total. The molecule has 0 saturated carbocycles. The molecule has 0 aliphatic heterocycles. The smallest absolute Gasteiger partial charge is 0.267 e. The third-order valence-electron chi connectivity index (χ3n) is 1.44. The van der Waals surface area contributed by atoms with E-state index >= 15 is 0 Å². The first kappa shape index (κ1) is 8.21. The predicted molar refractivity (Wildman–Crippen MR) is 42.2 cm³/mol. The Kier molecular flexibility index (Phi) is 2.06. The lowest BCUT2D eigenvalue weighted by molar-refractivity contribution is 0.0995. The van der Waals surface area contributed by atoms with Crippen LogP contribution in [0.1, 0.15) is 21.7 Å². The number of carbonyl (C=O) groups excluding carboxylic acids is 1. The summed E-state index contributed by atoms with van der Waals surface area (Å²) in [7, 11) is 0. The van der Waals surface area contributed by atoms with Crippen LogP contribution in [0.3, 0.4) is 0 Å². The van der Waals surface area contributed by atoms with Crippen LogP contribution >= 0.6 is 0 Å². The Balaban J connectivity index is 3.28. The minimum absolute atomic E-state index is 0.161. The molecule has 0 aliphatic carbocycles. The Hall–Kier alpha value is -1.89. The number of aromatic nitrogens is 1. The molecule has 0 spiro atoms. The first-order chi connectivity index (χ1) is 5.65. The molecule has 1 rings (SSSR count). The van der Waals surface area contributed by atoms with Gasteiger partial charge in [0.05, 0.1) is 0 Å². The lowest BCUT2D eigenvalue weighted by Crippen LogP contribution is -2.15.